The summed E-state index contributed by atoms with van der Waals surface area (Å²) in [6, 6.07) is 0. The Balaban J connectivity index is 1.91. The van der Waals surface area contributed by atoms with Crippen molar-refractivity contribution < 1.29 is 23.9 Å². The number of carbonyl (C=O) groups is 3. The van der Waals surface area contributed by atoms with Gasteiger partial charge in [-0.15, -0.1) is 0 Å². The Morgan fingerprint density at radius 3 is 2.32 bits per heavy atom. The summed E-state index contributed by atoms with van der Waals surface area (Å²) < 4.78 is 10.0. The molecule has 8 heteroatoms. The summed E-state index contributed by atoms with van der Waals surface area (Å²) >= 11 is 0. The maximum Gasteiger partial charge on any atom is 0.407 e. The van der Waals surface area contributed by atoms with Crippen LogP contribution in [0.5, 0.6) is 0 Å². The molecule has 1 aliphatic rings. The van der Waals surface area contributed by atoms with E-state index < -0.39 is 17.7 Å². The molecule has 2 N–H and O–H groups in total. The molecule has 0 aromatic carbocycles. The monoisotopic (exact) mass is 393 g/mol. The van der Waals surface area contributed by atoms with Crippen LogP contribution in [-0.2, 0) is 9.47 Å². The van der Waals surface area contributed by atoms with Gasteiger partial charge in [-0.05, 0) is 58.9 Å². The second-order valence-electron chi connectivity index (χ2n) is 8.23. The van der Waals surface area contributed by atoms with E-state index in [1.54, 1.807) is 18.7 Å². The second kappa shape index (κ2) is 8.67. The first kappa shape index (κ1) is 21.8. The van der Waals surface area contributed by atoms with Crippen LogP contribution in [0, 0.1) is 19.8 Å². The third-order valence-corrected chi connectivity index (χ3v) is 4.88. The third kappa shape index (κ3) is 5.27. The van der Waals surface area contributed by atoms with Crippen LogP contribution >= 0.6 is 0 Å². The van der Waals surface area contributed by atoms with Gasteiger partial charge in [0.05, 0.1) is 12.7 Å². The Morgan fingerprint density at radius 2 is 1.79 bits per heavy atom. The minimum atomic E-state index is -0.519. The summed E-state index contributed by atoms with van der Waals surface area (Å²) in [5.74, 6) is -0.264. The van der Waals surface area contributed by atoms with Gasteiger partial charge < -0.3 is 24.7 Å². The zero-order chi connectivity index (χ0) is 21.1. The molecule has 0 aliphatic carbocycles. The molecule has 0 atom stereocenters. The van der Waals surface area contributed by atoms with Crippen LogP contribution in [0.4, 0.5) is 4.79 Å². The molecule has 8 nitrogen and oxygen atoms in total. The van der Waals surface area contributed by atoms with Gasteiger partial charge in [0.2, 0.25) is 0 Å². The van der Waals surface area contributed by atoms with Crippen molar-refractivity contribution in [2.24, 2.45) is 5.92 Å². The van der Waals surface area contributed by atoms with Gasteiger partial charge in [-0.3, -0.25) is 4.79 Å². The second-order valence-corrected chi connectivity index (χ2v) is 8.23. The molecule has 0 unspecified atom stereocenters. The minimum absolute atomic E-state index is 0.116. The first-order valence-corrected chi connectivity index (χ1v) is 9.57. The normalized spacial score (nSPS) is 15.3. The number of aryl methyl sites for hydroxylation is 1. The number of methoxy groups -OCH3 is 1. The molecule has 2 amide bonds. The number of carbonyl (C=O) groups excluding carboxylic acids is 3. The molecule has 28 heavy (non-hydrogen) atoms. The Bertz CT molecular complexity index is 740. The van der Waals surface area contributed by atoms with E-state index in [1.165, 1.54) is 7.11 Å². The zero-order valence-corrected chi connectivity index (χ0v) is 17.6. The van der Waals surface area contributed by atoms with Gasteiger partial charge in [0, 0.05) is 25.3 Å². The Labute approximate surface area is 165 Å². The highest BCUT2D eigenvalue weighted by atomic mass is 16.6. The van der Waals surface area contributed by atoms with Gasteiger partial charge in [0.15, 0.2) is 0 Å². The number of hydrogen-bond donors (Lipinski definition) is 2. The molecular weight excluding hydrogens is 362 g/mol. The fourth-order valence-electron chi connectivity index (χ4n) is 3.41. The maximum atomic E-state index is 12.9. The predicted molar refractivity (Wildman–Crippen MR) is 104 cm³/mol. The van der Waals surface area contributed by atoms with Crippen LogP contribution in [0.15, 0.2) is 0 Å². The van der Waals surface area contributed by atoms with Crippen molar-refractivity contribution in [3.63, 3.8) is 0 Å². The number of esters is 1. The van der Waals surface area contributed by atoms with Crippen molar-refractivity contribution >= 4 is 18.0 Å². The van der Waals surface area contributed by atoms with Crippen molar-refractivity contribution in [1.82, 2.24) is 15.2 Å². The summed E-state index contributed by atoms with van der Waals surface area (Å²) in [6.45, 7) is 10.7. The Kier molecular flexibility index (Phi) is 6.74. The number of nitrogens with zero attached hydrogens (tertiary/aromatic N) is 1. The number of rotatable bonds is 4. The lowest BCUT2D eigenvalue weighted by molar-refractivity contribution is 0.0499. The topological polar surface area (TPSA) is 101 Å². The van der Waals surface area contributed by atoms with Crippen molar-refractivity contribution in [3.05, 3.63) is 22.5 Å². The number of aromatic nitrogens is 1. The molecule has 1 saturated heterocycles. The molecule has 1 aromatic heterocycles. The predicted octanol–water partition coefficient (Wildman–Crippen LogP) is 2.80. The van der Waals surface area contributed by atoms with E-state index in [-0.39, 0.29) is 5.91 Å². The highest BCUT2D eigenvalue weighted by Gasteiger charge is 2.29. The van der Waals surface area contributed by atoms with Crippen LogP contribution in [0.3, 0.4) is 0 Å². The largest absolute Gasteiger partial charge is 0.465 e. The van der Waals surface area contributed by atoms with Crippen LogP contribution in [-0.4, -0.2) is 60.2 Å². The van der Waals surface area contributed by atoms with Crippen LogP contribution in [0.1, 0.15) is 65.7 Å². The van der Waals surface area contributed by atoms with E-state index in [0.717, 1.165) is 12.8 Å². The van der Waals surface area contributed by atoms with E-state index in [1.807, 2.05) is 20.8 Å². The number of amides is 2. The molecular formula is C20H31N3O5. The number of H-pyrrole nitrogens is 1. The first-order chi connectivity index (χ1) is 13.0. The molecule has 156 valence electrons. The van der Waals surface area contributed by atoms with Gasteiger partial charge in [-0.1, -0.05) is 0 Å². The van der Waals surface area contributed by atoms with E-state index in [4.69, 9.17) is 9.47 Å². The number of piperidine rings is 1. The number of nitrogens with one attached hydrogen (secondary N) is 2. The van der Waals surface area contributed by atoms with E-state index in [0.29, 0.717) is 48.1 Å². The molecule has 1 aliphatic heterocycles. The summed E-state index contributed by atoms with van der Waals surface area (Å²) in [7, 11) is 1.33. The van der Waals surface area contributed by atoms with Crippen LogP contribution in [0.25, 0.3) is 0 Å². The van der Waals surface area contributed by atoms with Crippen molar-refractivity contribution in [2.75, 3.05) is 26.7 Å². The molecule has 2 rings (SSSR count). The van der Waals surface area contributed by atoms with Gasteiger partial charge in [-0.2, -0.15) is 0 Å². The fraction of sp³-hybridized carbons (Fsp3) is 0.650. The lowest BCUT2D eigenvalue weighted by Gasteiger charge is -2.32. The maximum absolute atomic E-state index is 12.9. The van der Waals surface area contributed by atoms with E-state index in [2.05, 4.69) is 10.3 Å². The van der Waals surface area contributed by atoms with Gasteiger partial charge in [0.1, 0.15) is 11.3 Å². The first-order valence-electron chi connectivity index (χ1n) is 9.57. The smallest absolute Gasteiger partial charge is 0.407 e. The number of aromatic amines is 1. The van der Waals surface area contributed by atoms with E-state index in [9.17, 15) is 14.4 Å². The van der Waals surface area contributed by atoms with Crippen molar-refractivity contribution in [2.45, 2.75) is 53.1 Å². The number of alkyl carbamates (subject to hydrolysis) is 1. The molecule has 2 heterocycles. The lowest BCUT2D eigenvalue weighted by Crippen LogP contribution is -2.42. The molecule has 0 saturated carbocycles. The van der Waals surface area contributed by atoms with Crippen LogP contribution in [0.2, 0.25) is 0 Å². The number of hydrogen-bond acceptors (Lipinski definition) is 5. The fourth-order valence-corrected chi connectivity index (χ4v) is 3.41. The van der Waals surface area contributed by atoms with Crippen LogP contribution < -0.4 is 5.32 Å². The van der Waals surface area contributed by atoms with Crippen molar-refractivity contribution in [1.29, 1.82) is 0 Å². The molecule has 0 spiro atoms. The zero-order valence-electron chi connectivity index (χ0n) is 17.6. The average Bonchev–Trinajstić information content (AvgIpc) is 2.92. The SMILES string of the molecule is COC(=O)c1c(C)[nH]c(C(=O)N2CCC(CNC(=O)OC(C)(C)C)CC2)c1C. The average molecular weight is 393 g/mol. The summed E-state index contributed by atoms with van der Waals surface area (Å²) in [5, 5.41) is 2.80. The van der Waals surface area contributed by atoms with E-state index >= 15 is 0 Å². The Hall–Kier alpha value is -2.51. The number of ether oxygens (including phenoxy) is 2. The summed E-state index contributed by atoms with van der Waals surface area (Å²) in [6.07, 6.45) is 1.17. The number of likely N-dealkylation sites (tertiary alicyclic amines) is 1. The van der Waals surface area contributed by atoms with Gasteiger partial charge in [0.25, 0.3) is 5.91 Å². The molecule has 1 aromatic rings. The Morgan fingerprint density at radius 1 is 1.18 bits per heavy atom. The standard InChI is InChI=1S/C20H31N3O5/c1-12-15(18(25)27-6)13(2)22-16(12)17(24)23-9-7-14(8-10-23)11-21-19(26)28-20(3,4)5/h14,22H,7-11H2,1-6H3,(H,21,26). The molecule has 1 fully saturated rings. The summed E-state index contributed by atoms with van der Waals surface area (Å²) in [5.41, 5.74) is 1.58. The highest BCUT2D eigenvalue weighted by molar-refractivity contribution is 6.00. The van der Waals surface area contributed by atoms with Crippen molar-refractivity contribution in [3.8, 4) is 0 Å². The van der Waals surface area contributed by atoms with Gasteiger partial charge >= 0.3 is 12.1 Å². The highest BCUT2D eigenvalue weighted by Crippen LogP contribution is 2.23. The third-order valence-electron chi connectivity index (χ3n) is 4.88. The minimum Gasteiger partial charge on any atom is -0.465 e. The lowest BCUT2D eigenvalue weighted by atomic mass is 9.96. The quantitative estimate of drug-likeness (QED) is 0.766. The summed E-state index contributed by atoms with van der Waals surface area (Å²) in [4.78, 5) is 41.4. The van der Waals surface area contributed by atoms with Gasteiger partial charge in [-0.25, -0.2) is 9.59 Å². The molecule has 0 bridgehead atoms. The molecule has 0 radical (unpaired) electrons.